The summed E-state index contributed by atoms with van der Waals surface area (Å²) in [6.07, 6.45) is 0.185. The molecular weight excluding hydrogens is 289 g/mol. The second kappa shape index (κ2) is 5.80. The van der Waals surface area contributed by atoms with E-state index in [1.807, 2.05) is 6.07 Å². The third-order valence-electron chi connectivity index (χ3n) is 3.14. The second-order valence-corrected chi connectivity index (χ2v) is 5.20. The molecule has 1 aliphatic heterocycles. The van der Waals surface area contributed by atoms with Crippen LogP contribution in [0.25, 0.3) is 0 Å². The third kappa shape index (κ3) is 3.01. The summed E-state index contributed by atoms with van der Waals surface area (Å²) in [6, 6.07) is 5.28. The molecule has 0 spiro atoms. The first-order valence-electron chi connectivity index (χ1n) is 5.81. The van der Waals surface area contributed by atoms with Crippen molar-refractivity contribution in [2.45, 2.75) is 13.0 Å². The molecule has 0 N–H and O–H groups in total. The molecule has 1 amide bonds. The van der Waals surface area contributed by atoms with Crippen molar-refractivity contribution in [3.05, 3.63) is 33.8 Å². The van der Waals surface area contributed by atoms with E-state index in [4.69, 9.17) is 23.2 Å². The van der Waals surface area contributed by atoms with E-state index < -0.39 is 5.92 Å². The molecule has 1 aromatic carbocycles. The first kappa shape index (κ1) is 14.2. The van der Waals surface area contributed by atoms with Gasteiger partial charge in [-0.25, -0.2) is 0 Å². The Balaban J connectivity index is 2.10. The first-order valence-corrected chi connectivity index (χ1v) is 6.57. The van der Waals surface area contributed by atoms with Gasteiger partial charge in [-0.3, -0.25) is 9.59 Å². The fraction of sp³-hybridized carbons (Fsp3) is 0.385. The number of esters is 1. The van der Waals surface area contributed by atoms with Gasteiger partial charge in [-0.05, 0) is 11.6 Å². The Morgan fingerprint density at radius 2 is 2.21 bits per heavy atom. The van der Waals surface area contributed by atoms with Crippen LogP contribution in [0.4, 0.5) is 0 Å². The number of halogens is 2. The maximum Gasteiger partial charge on any atom is 0.310 e. The van der Waals surface area contributed by atoms with Crippen LogP contribution in [0.15, 0.2) is 18.2 Å². The monoisotopic (exact) mass is 301 g/mol. The smallest absolute Gasteiger partial charge is 0.310 e. The van der Waals surface area contributed by atoms with Gasteiger partial charge in [0.25, 0.3) is 0 Å². The van der Waals surface area contributed by atoms with Crippen molar-refractivity contribution in [1.82, 2.24) is 4.90 Å². The van der Waals surface area contributed by atoms with Crippen molar-refractivity contribution in [3.63, 3.8) is 0 Å². The number of hydrogen-bond acceptors (Lipinski definition) is 3. The maximum atomic E-state index is 11.8. The van der Waals surface area contributed by atoms with Crippen LogP contribution < -0.4 is 0 Å². The number of carbonyl (C=O) groups excluding carboxylic acids is 2. The van der Waals surface area contributed by atoms with Crippen LogP contribution in [-0.2, 0) is 20.9 Å². The predicted molar refractivity (Wildman–Crippen MR) is 72.0 cm³/mol. The van der Waals surface area contributed by atoms with Gasteiger partial charge in [0.05, 0.1) is 23.1 Å². The minimum atomic E-state index is -0.393. The average Bonchev–Trinajstić information content (AvgIpc) is 2.75. The SMILES string of the molecule is COC(=O)C1CC(=O)N(Cc2cccc(Cl)c2Cl)C1. The Hall–Kier alpha value is -1.26. The lowest BCUT2D eigenvalue weighted by molar-refractivity contribution is -0.145. The zero-order valence-electron chi connectivity index (χ0n) is 10.4. The number of ether oxygens (including phenoxy) is 1. The molecule has 1 unspecified atom stereocenters. The number of methoxy groups -OCH3 is 1. The molecule has 102 valence electrons. The lowest BCUT2D eigenvalue weighted by Crippen LogP contribution is -2.26. The number of nitrogens with zero attached hydrogens (tertiary/aromatic N) is 1. The predicted octanol–water partition coefficient (Wildman–Crippen LogP) is 2.51. The molecule has 0 radical (unpaired) electrons. The van der Waals surface area contributed by atoms with Gasteiger partial charge in [-0.2, -0.15) is 0 Å². The molecule has 1 atom stereocenters. The van der Waals surface area contributed by atoms with E-state index in [2.05, 4.69) is 4.74 Å². The molecule has 0 aromatic heterocycles. The number of carbonyl (C=O) groups is 2. The summed E-state index contributed by atoms with van der Waals surface area (Å²) in [5.41, 5.74) is 0.771. The molecule has 1 heterocycles. The Morgan fingerprint density at radius 1 is 1.47 bits per heavy atom. The van der Waals surface area contributed by atoms with Crippen molar-refractivity contribution in [2.24, 2.45) is 5.92 Å². The Labute approximate surface area is 121 Å². The van der Waals surface area contributed by atoms with E-state index in [0.717, 1.165) is 5.56 Å². The molecule has 2 rings (SSSR count). The lowest BCUT2D eigenvalue weighted by atomic mass is 10.1. The normalized spacial score (nSPS) is 18.8. The number of benzene rings is 1. The van der Waals surface area contributed by atoms with Gasteiger partial charge in [0.2, 0.25) is 5.91 Å². The van der Waals surface area contributed by atoms with E-state index in [1.54, 1.807) is 17.0 Å². The first-order chi connectivity index (χ1) is 9.02. The standard InChI is InChI=1S/C13H13Cl2NO3/c1-19-13(18)9-5-11(17)16(7-9)6-8-3-2-4-10(14)12(8)15/h2-4,9H,5-7H2,1H3. The molecule has 6 heteroatoms. The molecule has 1 aliphatic rings. The van der Waals surface area contributed by atoms with Crippen molar-refractivity contribution >= 4 is 35.1 Å². The van der Waals surface area contributed by atoms with E-state index in [0.29, 0.717) is 23.1 Å². The minimum Gasteiger partial charge on any atom is -0.469 e. The average molecular weight is 302 g/mol. The van der Waals surface area contributed by atoms with Gasteiger partial charge < -0.3 is 9.64 Å². The Bertz CT molecular complexity index is 519. The summed E-state index contributed by atoms with van der Waals surface area (Å²) in [6.45, 7) is 0.708. The molecule has 1 aromatic rings. The van der Waals surface area contributed by atoms with Crippen molar-refractivity contribution in [1.29, 1.82) is 0 Å². The minimum absolute atomic E-state index is 0.0774. The van der Waals surface area contributed by atoms with Gasteiger partial charge in [-0.1, -0.05) is 35.3 Å². The summed E-state index contributed by atoms with van der Waals surface area (Å²) in [5.74, 6) is -0.824. The topological polar surface area (TPSA) is 46.6 Å². The molecule has 0 saturated carbocycles. The van der Waals surface area contributed by atoms with Gasteiger partial charge in [0.15, 0.2) is 0 Å². The largest absolute Gasteiger partial charge is 0.469 e. The van der Waals surface area contributed by atoms with E-state index in [1.165, 1.54) is 7.11 Å². The molecular formula is C13H13Cl2NO3. The van der Waals surface area contributed by atoms with Crippen LogP contribution in [0.1, 0.15) is 12.0 Å². The highest BCUT2D eigenvalue weighted by atomic mass is 35.5. The summed E-state index contributed by atoms with van der Waals surface area (Å²) >= 11 is 12.0. The Kier molecular flexibility index (Phi) is 4.32. The lowest BCUT2D eigenvalue weighted by Gasteiger charge is -2.17. The van der Waals surface area contributed by atoms with Gasteiger partial charge in [0, 0.05) is 19.5 Å². The summed E-state index contributed by atoms with van der Waals surface area (Å²) in [5, 5.41) is 0.897. The van der Waals surface area contributed by atoms with Gasteiger partial charge >= 0.3 is 5.97 Å². The van der Waals surface area contributed by atoms with E-state index in [-0.39, 0.29) is 18.3 Å². The zero-order chi connectivity index (χ0) is 14.0. The third-order valence-corrected chi connectivity index (χ3v) is 4.00. The number of rotatable bonds is 3. The fourth-order valence-corrected chi connectivity index (χ4v) is 2.51. The summed E-state index contributed by atoms with van der Waals surface area (Å²) in [7, 11) is 1.32. The molecule has 0 bridgehead atoms. The molecule has 1 fully saturated rings. The molecule has 4 nitrogen and oxygen atoms in total. The zero-order valence-corrected chi connectivity index (χ0v) is 11.9. The van der Waals surface area contributed by atoms with Crippen LogP contribution in [0.2, 0.25) is 10.0 Å². The second-order valence-electron chi connectivity index (χ2n) is 4.41. The van der Waals surface area contributed by atoms with Gasteiger partial charge in [-0.15, -0.1) is 0 Å². The highest BCUT2D eigenvalue weighted by Crippen LogP contribution is 2.28. The van der Waals surface area contributed by atoms with E-state index >= 15 is 0 Å². The van der Waals surface area contributed by atoms with Crippen LogP contribution in [0, 0.1) is 5.92 Å². The fourth-order valence-electron chi connectivity index (χ4n) is 2.13. The number of likely N-dealkylation sites (tertiary alicyclic amines) is 1. The van der Waals surface area contributed by atoms with Gasteiger partial charge in [0.1, 0.15) is 0 Å². The summed E-state index contributed by atoms with van der Waals surface area (Å²) in [4.78, 5) is 24.9. The highest BCUT2D eigenvalue weighted by Gasteiger charge is 2.35. The van der Waals surface area contributed by atoms with E-state index in [9.17, 15) is 9.59 Å². The number of amides is 1. The van der Waals surface area contributed by atoms with Crippen LogP contribution >= 0.6 is 23.2 Å². The van der Waals surface area contributed by atoms with Crippen molar-refractivity contribution in [2.75, 3.05) is 13.7 Å². The van der Waals surface area contributed by atoms with Crippen LogP contribution in [0.5, 0.6) is 0 Å². The molecule has 19 heavy (non-hydrogen) atoms. The Morgan fingerprint density at radius 3 is 2.89 bits per heavy atom. The van der Waals surface area contributed by atoms with Crippen LogP contribution in [-0.4, -0.2) is 30.4 Å². The van der Waals surface area contributed by atoms with Crippen molar-refractivity contribution < 1.29 is 14.3 Å². The highest BCUT2D eigenvalue weighted by molar-refractivity contribution is 6.42. The maximum absolute atomic E-state index is 11.8. The molecule has 0 aliphatic carbocycles. The number of hydrogen-bond donors (Lipinski definition) is 0. The van der Waals surface area contributed by atoms with Crippen molar-refractivity contribution in [3.8, 4) is 0 Å². The molecule has 1 saturated heterocycles. The van der Waals surface area contributed by atoms with Crippen LogP contribution in [0.3, 0.4) is 0 Å². The summed E-state index contributed by atoms with van der Waals surface area (Å²) < 4.78 is 4.66. The quantitative estimate of drug-likeness (QED) is 0.806.